The maximum Gasteiger partial charge on any atom is 0.255 e. The van der Waals surface area contributed by atoms with Gasteiger partial charge in [-0.15, -0.1) is 0 Å². The zero-order valence-electron chi connectivity index (χ0n) is 13.8. The Hall–Kier alpha value is -2.41. The van der Waals surface area contributed by atoms with Gasteiger partial charge >= 0.3 is 0 Å². The highest BCUT2D eigenvalue weighted by atomic mass is 16.5. The Bertz CT molecular complexity index is 760. The van der Waals surface area contributed by atoms with Crippen LogP contribution in [0.1, 0.15) is 40.7 Å². The van der Waals surface area contributed by atoms with Crippen LogP contribution in [0.25, 0.3) is 0 Å². The fourth-order valence-electron chi connectivity index (χ4n) is 3.94. The van der Waals surface area contributed by atoms with E-state index in [0.29, 0.717) is 31.6 Å². The van der Waals surface area contributed by atoms with Crippen LogP contribution in [0.5, 0.6) is 5.75 Å². The van der Waals surface area contributed by atoms with Crippen LogP contribution in [0.15, 0.2) is 12.1 Å². The monoisotopic (exact) mass is 344 g/mol. The van der Waals surface area contributed by atoms with Crippen LogP contribution in [-0.2, 0) is 22.6 Å². The van der Waals surface area contributed by atoms with Gasteiger partial charge in [-0.2, -0.15) is 0 Å². The van der Waals surface area contributed by atoms with Crippen LogP contribution in [-0.4, -0.2) is 47.0 Å². The third-order valence-electron chi connectivity index (χ3n) is 5.26. The van der Waals surface area contributed by atoms with Crippen molar-refractivity contribution in [1.82, 2.24) is 10.2 Å². The molecule has 1 fully saturated rings. The molecule has 0 saturated carbocycles. The molecule has 0 spiro atoms. The van der Waals surface area contributed by atoms with Crippen molar-refractivity contribution in [2.24, 2.45) is 5.92 Å². The Kier molecular flexibility index (Phi) is 3.95. The molecule has 3 heterocycles. The summed E-state index contributed by atoms with van der Waals surface area (Å²) >= 11 is 0. The first-order chi connectivity index (χ1) is 12.1. The van der Waals surface area contributed by atoms with Gasteiger partial charge in [-0.25, -0.2) is 0 Å². The summed E-state index contributed by atoms with van der Waals surface area (Å²) < 4.78 is 5.91. The van der Waals surface area contributed by atoms with Crippen LogP contribution >= 0.6 is 0 Å². The molecule has 1 saturated heterocycles. The number of piperidine rings is 1. The number of benzene rings is 1. The molecule has 2 N–H and O–H groups in total. The molecule has 3 aliphatic rings. The van der Waals surface area contributed by atoms with Gasteiger partial charge in [0.05, 0.1) is 13.2 Å². The van der Waals surface area contributed by atoms with Crippen molar-refractivity contribution in [1.29, 1.82) is 0 Å². The quantitative estimate of drug-likeness (QED) is 0.773. The molecule has 2 atom stereocenters. The van der Waals surface area contributed by atoms with Crippen molar-refractivity contribution in [2.45, 2.75) is 38.3 Å². The molecule has 7 heteroatoms. The van der Waals surface area contributed by atoms with E-state index in [0.717, 1.165) is 23.3 Å². The Morgan fingerprint density at radius 2 is 2.12 bits per heavy atom. The van der Waals surface area contributed by atoms with Crippen LogP contribution in [0, 0.1) is 5.92 Å². The molecule has 0 aromatic heterocycles. The molecule has 0 bridgehead atoms. The summed E-state index contributed by atoms with van der Waals surface area (Å²) in [6.45, 7) is 0.987. The number of imide groups is 1. The number of aliphatic hydroxyl groups is 1. The molecular formula is C18H20N2O5. The molecular weight excluding hydrogens is 324 g/mol. The first kappa shape index (κ1) is 16.1. The van der Waals surface area contributed by atoms with Crippen molar-refractivity contribution in [2.75, 3.05) is 13.2 Å². The van der Waals surface area contributed by atoms with Crippen LogP contribution in [0.4, 0.5) is 0 Å². The van der Waals surface area contributed by atoms with Crippen molar-refractivity contribution in [3.63, 3.8) is 0 Å². The predicted molar refractivity (Wildman–Crippen MR) is 86.9 cm³/mol. The van der Waals surface area contributed by atoms with E-state index in [9.17, 15) is 14.4 Å². The molecule has 2 unspecified atom stereocenters. The minimum absolute atomic E-state index is 0.135. The van der Waals surface area contributed by atoms with Crippen LogP contribution in [0.2, 0.25) is 0 Å². The summed E-state index contributed by atoms with van der Waals surface area (Å²) in [5.74, 6) is 0.137. The lowest BCUT2D eigenvalue weighted by atomic mass is 9.91. The molecule has 132 valence electrons. The van der Waals surface area contributed by atoms with Gasteiger partial charge < -0.3 is 14.7 Å². The van der Waals surface area contributed by atoms with Gasteiger partial charge in [0, 0.05) is 24.2 Å². The Morgan fingerprint density at radius 3 is 2.88 bits per heavy atom. The van der Waals surface area contributed by atoms with E-state index in [2.05, 4.69) is 5.32 Å². The smallest absolute Gasteiger partial charge is 0.255 e. The number of hydrogen-bond donors (Lipinski definition) is 2. The topological polar surface area (TPSA) is 95.9 Å². The molecule has 4 rings (SSSR count). The summed E-state index contributed by atoms with van der Waals surface area (Å²) in [7, 11) is 0. The largest absolute Gasteiger partial charge is 0.493 e. The number of nitrogens with zero attached hydrogens (tertiary/aromatic N) is 1. The van der Waals surface area contributed by atoms with Crippen molar-refractivity contribution in [3.05, 3.63) is 28.8 Å². The van der Waals surface area contributed by atoms with Crippen molar-refractivity contribution < 1.29 is 24.2 Å². The molecule has 3 amide bonds. The lowest BCUT2D eigenvalue weighted by molar-refractivity contribution is -0.136. The predicted octanol–water partition coefficient (Wildman–Crippen LogP) is 0.381. The number of rotatable bonds is 3. The maximum absolute atomic E-state index is 12.7. The number of hydrogen-bond acceptors (Lipinski definition) is 5. The second-order valence-electron chi connectivity index (χ2n) is 6.87. The van der Waals surface area contributed by atoms with Gasteiger partial charge in [0.1, 0.15) is 11.8 Å². The molecule has 0 radical (unpaired) electrons. The van der Waals surface area contributed by atoms with Gasteiger partial charge in [0.25, 0.3) is 5.91 Å². The lowest BCUT2D eigenvalue weighted by Crippen LogP contribution is -2.52. The highest BCUT2D eigenvalue weighted by Gasteiger charge is 2.41. The minimum atomic E-state index is -0.612. The van der Waals surface area contributed by atoms with E-state index < -0.39 is 11.9 Å². The maximum atomic E-state index is 12.7. The summed E-state index contributed by atoms with van der Waals surface area (Å²) in [6, 6.07) is 3.09. The summed E-state index contributed by atoms with van der Waals surface area (Å²) in [6.07, 6.45) is 2.10. The Labute approximate surface area is 144 Å². The average molecular weight is 344 g/mol. The molecule has 25 heavy (non-hydrogen) atoms. The van der Waals surface area contributed by atoms with Crippen LogP contribution < -0.4 is 10.1 Å². The minimum Gasteiger partial charge on any atom is -0.493 e. The zero-order valence-corrected chi connectivity index (χ0v) is 13.8. The SMILES string of the molecule is O=C1CCC(N2Cc3c(ccc4c3OCC(CCO)C4)C2=O)C(=O)N1. The van der Waals surface area contributed by atoms with Crippen molar-refractivity contribution >= 4 is 17.7 Å². The number of carbonyl (C=O) groups is 3. The second-order valence-corrected chi connectivity index (χ2v) is 6.87. The molecule has 7 nitrogen and oxygen atoms in total. The number of fused-ring (bicyclic) bond motifs is 3. The van der Waals surface area contributed by atoms with Gasteiger partial charge in [0.2, 0.25) is 11.8 Å². The van der Waals surface area contributed by atoms with Gasteiger partial charge in [0.15, 0.2) is 0 Å². The van der Waals surface area contributed by atoms with Gasteiger partial charge in [-0.3, -0.25) is 19.7 Å². The van der Waals surface area contributed by atoms with E-state index in [1.165, 1.54) is 4.90 Å². The fourth-order valence-corrected chi connectivity index (χ4v) is 3.94. The second kappa shape index (κ2) is 6.15. The number of amides is 3. The molecule has 1 aromatic carbocycles. The summed E-state index contributed by atoms with van der Waals surface area (Å²) in [4.78, 5) is 37.7. The molecule has 0 aliphatic carbocycles. The normalized spacial score (nSPS) is 25.3. The molecule has 3 aliphatic heterocycles. The van der Waals surface area contributed by atoms with E-state index >= 15 is 0 Å². The molecule has 1 aromatic rings. The third-order valence-corrected chi connectivity index (χ3v) is 5.26. The fraction of sp³-hybridized carbons (Fsp3) is 0.500. The average Bonchev–Trinajstić information content (AvgIpc) is 2.92. The van der Waals surface area contributed by atoms with Gasteiger partial charge in [-0.1, -0.05) is 6.07 Å². The summed E-state index contributed by atoms with van der Waals surface area (Å²) in [5.41, 5.74) is 2.44. The Morgan fingerprint density at radius 1 is 1.28 bits per heavy atom. The lowest BCUT2D eigenvalue weighted by Gasteiger charge is -2.29. The number of aliphatic hydroxyl groups excluding tert-OH is 1. The first-order valence-electron chi connectivity index (χ1n) is 8.61. The number of ether oxygens (including phenoxy) is 1. The van der Waals surface area contributed by atoms with Crippen LogP contribution in [0.3, 0.4) is 0 Å². The van der Waals surface area contributed by atoms with Gasteiger partial charge in [-0.05, 0) is 36.8 Å². The third kappa shape index (κ3) is 2.68. The highest BCUT2D eigenvalue weighted by Crippen LogP contribution is 2.39. The Balaban J connectivity index is 1.60. The highest BCUT2D eigenvalue weighted by molar-refractivity contribution is 6.05. The van der Waals surface area contributed by atoms with E-state index in [4.69, 9.17) is 9.84 Å². The van der Waals surface area contributed by atoms with E-state index in [1.54, 1.807) is 6.07 Å². The van der Waals surface area contributed by atoms with E-state index in [1.807, 2.05) is 6.07 Å². The summed E-state index contributed by atoms with van der Waals surface area (Å²) in [5, 5.41) is 11.4. The standard InChI is InChI=1S/C18H20N2O5/c21-6-5-10-7-11-1-2-12-13(16(11)25-9-10)8-20(18(12)24)14-3-4-15(22)19-17(14)23/h1-2,10,14,21H,3-9H2,(H,19,22,23). The van der Waals surface area contributed by atoms with E-state index in [-0.39, 0.29) is 30.8 Å². The number of nitrogens with one attached hydrogen (secondary N) is 1. The zero-order chi connectivity index (χ0) is 17.6. The first-order valence-corrected chi connectivity index (χ1v) is 8.61. The van der Waals surface area contributed by atoms with Crippen molar-refractivity contribution in [3.8, 4) is 5.75 Å². The number of carbonyl (C=O) groups excluding carboxylic acids is 3.